The van der Waals surface area contributed by atoms with E-state index in [9.17, 15) is 8.42 Å². The maximum atomic E-state index is 12.3. The van der Waals surface area contributed by atoms with E-state index in [0.717, 1.165) is 11.3 Å². The standard InChI is InChI=1S/C22H24N2O2S/c1-18(20-10-6-3-7-11-20)23-21-12-14-22(15-13-21)24-27(25,26)17-16-19-8-4-2-5-9-19/h2-15,18,23-24H,16-17H2,1H3. The molecule has 3 aromatic rings. The number of nitrogens with one attached hydrogen (secondary N) is 2. The Morgan fingerprint density at radius 2 is 1.33 bits per heavy atom. The van der Waals surface area contributed by atoms with Gasteiger partial charge < -0.3 is 5.32 Å². The molecule has 0 aliphatic heterocycles. The van der Waals surface area contributed by atoms with E-state index >= 15 is 0 Å². The highest BCUT2D eigenvalue weighted by atomic mass is 32.2. The van der Waals surface area contributed by atoms with E-state index in [1.165, 1.54) is 5.56 Å². The quantitative estimate of drug-likeness (QED) is 0.588. The molecule has 0 aromatic heterocycles. The molecule has 0 saturated heterocycles. The maximum absolute atomic E-state index is 12.3. The fraction of sp³-hybridized carbons (Fsp3) is 0.182. The lowest BCUT2D eigenvalue weighted by Crippen LogP contribution is -2.18. The third-order valence-electron chi connectivity index (χ3n) is 4.34. The number of benzene rings is 3. The van der Waals surface area contributed by atoms with Gasteiger partial charge in [-0.1, -0.05) is 60.7 Å². The summed E-state index contributed by atoms with van der Waals surface area (Å²) in [6.45, 7) is 2.09. The summed E-state index contributed by atoms with van der Waals surface area (Å²) in [5, 5.41) is 3.42. The summed E-state index contributed by atoms with van der Waals surface area (Å²) in [7, 11) is -3.38. The fourth-order valence-electron chi connectivity index (χ4n) is 2.84. The van der Waals surface area contributed by atoms with Crippen LogP contribution < -0.4 is 10.0 Å². The van der Waals surface area contributed by atoms with Crippen LogP contribution in [0, 0.1) is 0 Å². The van der Waals surface area contributed by atoms with Gasteiger partial charge >= 0.3 is 0 Å². The van der Waals surface area contributed by atoms with Gasteiger partial charge in [0.2, 0.25) is 10.0 Å². The molecule has 0 radical (unpaired) electrons. The van der Waals surface area contributed by atoms with Crippen LogP contribution in [-0.4, -0.2) is 14.2 Å². The lowest BCUT2D eigenvalue weighted by atomic mass is 10.1. The number of rotatable bonds is 8. The predicted molar refractivity (Wildman–Crippen MR) is 112 cm³/mol. The van der Waals surface area contributed by atoms with Gasteiger partial charge in [0, 0.05) is 17.4 Å². The normalized spacial score (nSPS) is 12.3. The van der Waals surface area contributed by atoms with Crippen LogP contribution in [0.1, 0.15) is 24.1 Å². The smallest absolute Gasteiger partial charge is 0.233 e. The number of hydrogen-bond donors (Lipinski definition) is 2. The number of anilines is 2. The van der Waals surface area contributed by atoms with Crippen molar-refractivity contribution in [1.82, 2.24) is 0 Å². The zero-order valence-corrected chi connectivity index (χ0v) is 16.1. The molecule has 0 bridgehead atoms. The Morgan fingerprint density at radius 1 is 0.778 bits per heavy atom. The highest BCUT2D eigenvalue weighted by Gasteiger charge is 2.11. The lowest BCUT2D eigenvalue weighted by molar-refractivity contribution is 0.600. The molecule has 0 amide bonds. The number of sulfonamides is 1. The van der Waals surface area contributed by atoms with Crippen molar-refractivity contribution in [3.8, 4) is 0 Å². The molecule has 0 heterocycles. The summed E-state index contributed by atoms with van der Waals surface area (Å²) in [5.74, 6) is 0.0576. The van der Waals surface area contributed by atoms with Gasteiger partial charge in [0.1, 0.15) is 0 Å². The van der Waals surface area contributed by atoms with Crippen molar-refractivity contribution in [2.45, 2.75) is 19.4 Å². The van der Waals surface area contributed by atoms with Gasteiger partial charge in [-0.25, -0.2) is 8.42 Å². The Bertz CT molecular complexity index is 941. The summed E-state index contributed by atoms with van der Waals surface area (Å²) < 4.78 is 27.2. The predicted octanol–water partition coefficient (Wildman–Crippen LogP) is 4.84. The van der Waals surface area contributed by atoms with Crippen molar-refractivity contribution in [2.24, 2.45) is 0 Å². The lowest BCUT2D eigenvalue weighted by Gasteiger charge is -2.16. The summed E-state index contributed by atoms with van der Waals surface area (Å²) in [6, 6.07) is 27.3. The van der Waals surface area contributed by atoms with Crippen molar-refractivity contribution < 1.29 is 8.42 Å². The van der Waals surface area contributed by atoms with Crippen LogP contribution >= 0.6 is 0 Å². The molecular formula is C22H24N2O2S. The second-order valence-corrected chi connectivity index (χ2v) is 8.35. The SMILES string of the molecule is CC(Nc1ccc(NS(=O)(=O)CCc2ccccc2)cc1)c1ccccc1. The first-order chi connectivity index (χ1) is 13.0. The van der Waals surface area contributed by atoms with Crippen LogP contribution in [0.2, 0.25) is 0 Å². The molecule has 3 aromatic carbocycles. The van der Waals surface area contributed by atoms with E-state index < -0.39 is 10.0 Å². The van der Waals surface area contributed by atoms with Crippen LogP contribution in [0.15, 0.2) is 84.9 Å². The van der Waals surface area contributed by atoms with Crippen molar-refractivity contribution in [2.75, 3.05) is 15.8 Å². The molecule has 0 aliphatic rings. The third-order valence-corrected chi connectivity index (χ3v) is 5.63. The second kappa shape index (κ2) is 8.73. The molecule has 0 saturated carbocycles. The van der Waals surface area contributed by atoms with Crippen molar-refractivity contribution in [3.63, 3.8) is 0 Å². The summed E-state index contributed by atoms with van der Waals surface area (Å²) in [5.41, 5.74) is 3.72. The summed E-state index contributed by atoms with van der Waals surface area (Å²) >= 11 is 0. The summed E-state index contributed by atoms with van der Waals surface area (Å²) in [6.07, 6.45) is 0.490. The van der Waals surface area contributed by atoms with E-state index in [2.05, 4.69) is 29.1 Å². The minimum Gasteiger partial charge on any atom is -0.379 e. The van der Waals surface area contributed by atoms with Crippen LogP contribution in [0.25, 0.3) is 0 Å². The molecule has 1 unspecified atom stereocenters. The van der Waals surface area contributed by atoms with Crippen molar-refractivity contribution in [3.05, 3.63) is 96.1 Å². The Labute approximate surface area is 161 Å². The number of hydrogen-bond acceptors (Lipinski definition) is 3. The summed E-state index contributed by atoms with van der Waals surface area (Å²) in [4.78, 5) is 0. The highest BCUT2D eigenvalue weighted by molar-refractivity contribution is 7.92. The first-order valence-electron chi connectivity index (χ1n) is 8.98. The molecule has 3 rings (SSSR count). The zero-order valence-electron chi connectivity index (χ0n) is 15.3. The molecule has 4 nitrogen and oxygen atoms in total. The molecular weight excluding hydrogens is 356 g/mol. The van der Waals surface area contributed by atoms with Gasteiger partial charge in [-0.2, -0.15) is 0 Å². The highest BCUT2D eigenvalue weighted by Crippen LogP contribution is 2.21. The van der Waals surface area contributed by atoms with Gasteiger partial charge in [0.05, 0.1) is 5.75 Å². The molecule has 0 spiro atoms. The Balaban J connectivity index is 1.56. The first kappa shape index (κ1) is 19.0. The van der Waals surface area contributed by atoms with Gasteiger partial charge in [0.25, 0.3) is 0 Å². The Kier molecular flexibility index (Phi) is 6.14. The Hall–Kier alpha value is -2.79. The minimum atomic E-state index is -3.38. The monoisotopic (exact) mass is 380 g/mol. The van der Waals surface area contributed by atoms with Crippen LogP contribution in [0.3, 0.4) is 0 Å². The van der Waals surface area contributed by atoms with E-state index in [1.54, 1.807) is 12.1 Å². The fourth-order valence-corrected chi connectivity index (χ4v) is 3.94. The molecule has 0 fully saturated rings. The second-order valence-electron chi connectivity index (χ2n) is 6.51. The zero-order chi connectivity index (χ0) is 19.1. The molecule has 2 N–H and O–H groups in total. The third kappa shape index (κ3) is 5.86. The van der Waals surface area contributed by atoms with E-state index in [0.29, 0.717) is 12.1 Å². The average Bonchev–Trinajstić information content (AvgIpc) is 2.69. The van der Waals surface area contributed by atoms with E-state index in [1.807, 2.05) is 60.7 Å². The van der Waals surface area contributed by atoms with E-state index in [-0.39, 0.29) is 11.8 Å². The van der Waals surface area contributed by atoms with E-state index in [4.69, 9.17) is 0 Å². The minimum absolute atomic E-state index is 0.0576. The van der Waals surface area contributed by atoms with Gasteiger partial charge in [-0.3, -0.25) is 4.72 Å². The van der Waals surface area contributed by atoms with Crippen LogP contribution in [0.5, 0.6) is 0 Å². The topological polar surface area (TPSA) is 58.2 Å². The van der Waals surface area contributed by atoms with Crippen molar-refractivity contribution >= 4 is 21.4 Å². The van der Waals surface area contributed by atoms with Crippen molar-refractivity contribution in [1.29, 1.82) is 0 Å². The van der Waals surface area contributed by atoms with Gasteiger partial charge in [-0.15, -0.1) is 0 Å². The average molecular weight is 381 g/mol. The van der Waals surface area contributed by atoms with Gasteiger partial charge in [0.15, 0.2) is 0 Å². The molecule has 27 heavy (non-hydrogen) atoms. The van der Waals surface area contributed by atoms with Crippen LogP contribution in [0.4, 0.5) is 11.4 Å². The molecule has 0 aliphatic carbocycles. The largest absolute Gasteiger partial charge is 0.379 e. The van der Waals surface area contributed by atoms with Crippen LogP contribution in [-0.2, 0) is 16.4 Å². The first-order valence-corrected chi connectivity index (χ1v) is 10.6. The van der Waals surface area contributed by atoms with Gasteiger partial charge in [-0.05, 0) is 48.7 Å². The molecule has 5 heteroatoms. The molecule has 140 valence electrons. The Morgan fingerprint density at radius 3 is 1.96 bits per heavy atom. The number of aryl methyl sites for hydroxylation is 1. The maximum Gasteiger partial charge on any atom is 0.233 e. The molecule has 1 atom stereocenters.